The number of benzene rings is 1. The second kappa shape index (κ2) is 7.88. The van der Waals surface area contributed by atoms with E-state index in [1.807, 2.05) is 44.3 Å². The molecule has 0 radical (unpaired) electrons. The third-order valence-corrected chi connectivity index (χ3v) is 5.98. The molecule has 0 aliphatic carbocycles. The lowest BCUT2D eigenvalue weighted by molar-refractivity contribution is 0.0924. The van der Waals surface area contributed by atoms with Crippen LogP contribution in [-0.4, -0.2) is 25.5 Å². The molecular formula is C18H20N2O2S2. The summed E-state index contributed by atoms with van der Waals surface area (Å²) in [6.07, 6.45) is 0. The summed E-state index contributed by atoms with van der Waals surface area (Å²) in [7, 11) is 1.88. The van der Waals surface area contributed by atoms with Gasteiger partial charge in [-0.25, -0.2) is 0 Å². The van der Waals surface area contributed by atoms with Gasteiger partial charge in [-0.3, -0.25) is 4.79 Å². The molecule has 24 heavy (non-hydrogen) atoms. The van der Waals surface area contributed by atoms with Gasteiger partial charge >= 0.3 is 0 Å². The van der Waals surface area contributed by atoms with Gasteiger partial charge in [0.15, 0.2) is 5.76 Å². The van der Waals surface area contributed by atoms with Gasteiger partial charge in [-0.1, -0.05) is 24.3 Å². The number of carbonyl (C=O) groups excluding carboxylic acids is 1. The molecule has 0 saturated heterocycles. The van der Waals surface area contributed by atoms with Crippen molar-refractivity contribution < 1.29 is 9.21 Å². The van der Waals surface area contributed by atoms with Gasteiger partial charge in [0.1, 0.15) is 5.58 Å². The minimum atomic E-state index is -0.157. The Morgan fingerprint density at radius 2 is 2.12 bits per heavy atom. The van der Waals surface area contributed by atoms with Crippen molar-refractivity contribution in [2.75, 3.05) is 13.6 Å². The molecule has 1 atom stereocenters. The summed E-state index contributed by atoms with van der Waals surface area (Å²) in [5.74, 6) is 0.973. The fraction of sp³-hybridized carbons (Fsp3) is 0.278. The van der Waals surface area contributed by atoms with E-state index < -0.39 is 0 Å². The maximum absolute atomic E-state index is 12.6. The number of carbonyl (C=O) groups is 1. The van der Waals surface area contributed by atoms with Crippen LogP contribution in [0.5, 0.6) is 0 Å². The van der Waals surface area contributed by atoms with Crippen molar-refractivity contribution in [1.82, 2.24) is 10.6 Å². The maximum atomic E-state index is 12.6. The summed E-state index contributed by atoms with van der Waals surface area (Å²) in [5.41, 5.74) is 1.71. The van der Waals surface area contributed by atoms with Gasteiger partial charge in [-0.15, -0.1) is 23.1 Å². The average molecular weight is 361 g/mol. The number of nitrogens with one attached hydrogen (secondary N) is 2. The number of thioether (sulfide) groups is 1. The minimum Gasteiger partial charge on any atom is -0.451 e. The first-order valence-corrected chi connectivity index (χ1v) is 9.67. The number of hydrogen-bond donors (Lipinski definition) is 2. The van der Waals surface area contributed by atoms with Gasteiger partial charge in [0.25, 0.3) is 5.91 Å². The largest absolute Gasteiger partial charge is 0.451 e. The fourth-order valence-corrected chi connectivity index (χ4v) is 4.15. The summed E-state index contributed by atoms with van der Waals surface area (Å²) in [5, 5.41) is 9.12. The number of para-hydroxylation sites is 1. The third kappa shape index (κ3) is 3.83. The van der Waals surface area contributed by atoms with Gasteiger partial charge < -0.3 is 15.1 Å². The molecule has 4 nitrogen and oxygen atoms in total. The highest BCUT2D eigenvalue weighted by Gasteiger charge is 2.20. The molecule has 0 spiro atoms. The molecule has 3 rings (SSSR count). The summed E-state index contributed by atoms with van der Waals surface area (Å²) in [6.45, 7) is 2.58. The van der Waals surface area contributed by atoms with E-state index in [-0.39, 0.29) is 11.9 Å². The third-order valence-electron chi connectivity index (χ3n) is 3.82. The van der Waals surface area contributed by atoms with Crippen molar-refractivity contribution in [2.45, 2.75) is 22.9 Å². The molecule has 126 valence electrons. The molecule has 2 heterocycles. The van der Waals surface area contributed by atoms with Crippen LogP contribution in [0.4, 0.5) is 0 Å². The van der Waals surface area contributed by atoms with Crippen molar-refractivity contribution in [3.8, 4) is 0 Å². The first kappa shape index (κ1) is 17.1. The van der Waals surface area contributed by atoms with Crippen LogP contribution in [0.1, 0.15) is 23.0 Å². The topological polar surface area (TPSA) is 54.3 Å². The van der Waals surface area contributed by atoms with E-state index in [1.54, 1.807) is 23.1 Å². The van der Waals surface area contributed by atoms with Crippen molar-refractivity contribution in [1.29, 1.82) is 0 Å². The van der Waals surface area contributed by atoms with E-state index in [1.165, 1.54) is 4.21 Å². The zero-order chi connectivity index (χ0) is 16.9. The lowest BCUT2D eigenvalue weighted by Gasteiger charge is -2.11. The second-order valence-corrected chi connectivity index (χ2v) is 7.75. The zero-order valence-corrected chi connectivity index (χ0v) is 15.3. The van der Waals surface area contributed by atoms with Crippen molar-refractivity contribution in [2.24, 2.45) is 0 Å². The van der Waals surface area contributed by atoms with Gasteiger partial charge in [-0.05, 0) is 31.5 Å². The molecule has 1 amide bonds. The highest BCUT2D eigenvalue weighted by atomic mass is 32.2. The van der Waals surface area contributed by atoms with Crippen LogP contribution in [0.2, 0.25) is 0 Å². The number of amides is 1. The predicted molar refractivity (Wildman–Crippen MR) is 101 cm³/mol. The first-order valence-electron chi connectivity index (χ1n) is 7.81. The molecular weight excluding hydrogens is 340 g/mol. The second-order valence-electron chi connectivity index (χ2n) is 5.53. The van der Waals surface area contributed by atoms with Crippen molar-refractivity contribution >= 4 is 40.0 Å². The average Bonchev–Trinajstić information content (AvgIpc) is 3.24. The number of hydrogen-bond acceptors (Lipinski definition) is 5. The van der Waals surface area contributed by atoms with E-state index in [0.29, 0.717) is 18.1 Å². The number of likely N-dealkylation sites (N-methyl/N-ethyl adjacent to an activating group) is 1. The van der Waals surface area contributed by atoms with Crippen molar-refractivity contribution in [3.63, 3.8) is 0 Å². The molecule has 0 fully saturated rings. The zero-order valence-electron chi connectivity index (χ0n) is 13.7. The first-order chi connectivity index (χ1) is 11.7. The molecule has 0 aliphatic heterocycles. The summed E-state index contributed by atoms with van der Waals surface area (Å²) in [6, 6.07) is 12.1. The Morgan fingerprint density at radius 1 is 1.29 bits per heavy atom. The molecule has 2 N–H and O–H groups in total. The summed E-state index contributed by atoms with van der Waals surface area (Å²) < 4.78 is 7.09. The molecule has 0 bridgehead atoms. The van der Waals surface area contributed by atoms with Crippen LogP contribution < -0.4 is 10.6 Å². The van der Waals surface area contributed by atoms with Crippen LogP contribution in [0.15, 0.2) is 50.4 Å². The molecule has 2 aromatic heterocycles. The normalized spacial score (nSPS) is 12.4. The summed E-state index contributed by atoms with van der Waals surface area (Å²) >= 11 is 3.43. The van der Waals surface area contributed by atoms with Gasteiger partial charge in [0, 0.05) is 29.3 Å². The Balaban J connectivity index is 1.85. The highest BCUT2D eigenvalue weighted by molar-refractivity contribution is 8.00. The van der Waals surface area contributed by atoms with E-state index >= 15 is 0 Å². The lowest BCUT2D eigenvalue weighted by atomic mass is 10.1. The van der Waals surface area contributed by atoms with Crippen LogP contribution in [-0.2, 0) is 5.75 Å². The van der Waals surface area contributed by atoms with Gasteiger partial charge in [-0.2, -0.15) is 0 Å². The number of fused-ring (bicyclic) bond motifs is 1. The van der Waals surface area contributed by atoms with Gasteiger partial charge in [0.2, 0.25) is 0 Å². The monoisotopic (exact) mass is 360 g/mol. The molecule has 3 aromatic rings. The highest BCUT2D eigenvalue weighted by Crippen LogP contribution is 2.33. The fourth-order valence-electron chi connectivity index (χ4n) is 2.34. The number of rotatable bonds is 7. The predicted octanol–water partition coefficient (Wildman–Crippen LogP) is 4.12. The van der Waals surface area contributed by atoms with Crippen LogP contribution in [0.25, 0.3) is 11.0 Å². The maximum Gasteiger partial charge on any atom is 0.287 e. The SMILES string of the molecule is CNC(C)CNC(=O)c1oc2ccccc2c1CSc1cccs1. The van der Waals surface area contributed by atoms with Crippen molar-refractivity contribution in [3.05, 3.63) is 53.1 Å². The smallest absolute Gasteiger partial charge is 0.287 e. The molecule has 0 aliphatic rings. The Hall–Kier alpha value is -1.76. The van der Waals surface area contributed by atoms with E-state index in [9.17, 15) is 4.79 Å². The Kier molecular flexibility index (Phi) is 5.60. The molecule has 1 aromatic carbocycles. The van der Waals surface area contributed by atoms with E-state index in [0.717, 1.165) is 16.5 Å². The Labute approximate surface area is 149 Å². The summed E-state index contributed by atoms with van der Waals surface area (Å²) in [4.78, 5) is 12.6. The van der Waals surface area contributed by atoms with Gasteiger partial charge in [0.05, 0.1) is 4.21 Å². The molecule has 0 saturated carbocycles. The number of thiophene rings is 1. The molecule has 6 heteroatoms. The Morgan fingerprint density at radius 3 is 2.88 bits per heavy atom. The van der Waals surface area contributed by atoms with Crippen LogP contribution >= 0.6 is 23.1 Å². The lowest BCUT2D eigenvalue weighted by Crippen LogP contribution is -2.37. The molecule has 1 unspecified atom stereocenters. The minimum absolute atomic E-state index is 0.157. The number of furan rings is 1. The van der Waals surface area contributed by atoms with E-state index in [2.05, 4.69) is 22.1 Å². The quantitative estimate of drug-likeness (QED) is 0.622. The van der Waals surface area contributed by atoms with Crippen LogP contribution in [0.3, 0.4) is 0 Å². The van der Waals surface area contributed by atoms with E-state index in [4.69, 9.17) is 4.42 Å². The Bertz CT molecular complexity index is 812. The standard InChI is InChI=1S/C18H20N2O2S2/c1-12(19-2)10-20-18(21)17-14(11-24-16-8-5-9-23-16)13-6-3-4-7-15(13)22-17/h3-9,12,19H,10-11H2,1-2H3,(H,20,21). The van der Waals surface area contributed by atoms with Crippen LogP contribution in [0, 0.1) is 0 Å².